The zero-order valence-electron chi connectivity index (χ0n) is 14.6. The Kier molecular flexibility index (Phi) is 6.51. The van der Waals surface area contributed by atoms with Crippen LogP contribution in [-0.4, -0.2) is 30.9 Å². The molecule has 132 valence electrons. The van der Waals surface area contributed by atoms with Crippen molar-refractivity contribution in [2.24, 2.45) is 0 Å². The number of ether oxygens (including phenoxy) is 2. The fourth-order valence-electron chi connectivity index (χ4n) is 2.43. The first-order valence-corrected chi connectivity index (χ1v) is 7.99. The van der Waals surface area contributed by atoms with E-state index in [0.29, 0.717) is 17.1 Å². The van der Waals surface area contributed by atoms with E-state index in [9.17, 15) is 9.59 Å². The van der Waals surface area contributed by atoms with Crippen LogP contribution in [0.2, 0.25) is 0 Å². The number of amides is 1. The number of ketones is 1. The number of carbonyl (C=O) groups is 2. The molecule has 1 aromatic carbocycles. The summed E-state index contributed by atoms with van der Waals surface area (Å²) in [5.74, 6) is 0.762. The first-order valence-electron chi connectivity index (χ1n) is 7.99. The average molecular weight is 342 g/mol. The van der Waals surface area contributed by atoms with Crippen LogP contribution in [0, 0.1) is 0 Å². The molecule has 1 heterocycles. The molecular weight excluding hydrogens is 320 g/mol. The Morgan fingerprint density at radius 1 is 1.04 bits per heavy atom. The van der Waals surface area contributed by atoms with Gasteiger partial charge in [0, 0.05) is 30.8 Å². The first-order chi connectivity index (χ1) is 12.0. The molecule has 1 atom stereocenters. The zero-order chi connectivity index (χ0) is 18.2. The van der Waals surface area contributed by atoms with Crippen molar-refractivity contribution >= 4 is 11.7 Å². The predicted octanol–water partition coefficient (Wildman–Crippen LogP) is 2.94. The largest absolute Gasteiger partial charge is 0.493 e. The van der Waals surface area contributed by atoms with Crippen LogP contribution in [0.4, 0.5) is 0 Å². The van der Waals surface area contributed by atoms with E-state index in [2.05, 4.69) is 10.3 Å². The molecular formula is C19H22N2O4. The Labute approximate surface area is 147 Å². The minimum absolute atomic E-state index is 0.118. The molecule has 0 bridgehead atoms. The molecule has 0 saturated carbocycles. The summed E-state index contributed by atoms with van der Waals surface area (Å²) >= 11 is 0. The van der Waals surface area contributed by atoms with Gasteiger partial charge < -0.3 is 14.8 Å². The number of methoxy groups -OCH3 is 2. The molecule has 0 unspecified atom stereocenters. The highest BCUT2D eigenvalue weighted by molar-refractivity contribution is 5.98. The van der Waals surface area contributed by atoms with E-state index in [1.807, 2.05) is 19.1 Å². The maximum Gasteiger partial charge on any atom is 0.220 e. The van der Waals surface area contributed by atoms with E-state index in [1.54, 1.807) is 30.6 Å². The summed E-state index contributed by atoms with van der Waals surface area (Å²) in [7, 11) is 3.05. The molecule has 0 aliphatic heterocycles. The van der Waals surface area contributed by atoms with Gasteiger partial charge in [0.2, 0.25) is 5.91 Å². The molecule has 2 rings (SSSR count). The molecule has 1 aromatic heterocycles. The number of nitrogens with one attached hydrogen (secondary N) is 1. The second kappa shape index (κ2) is 8.82. The van der Waals surface area contributed by atoms with E-state index in [0.717, 1.165) is 5.56 Å². The number of aromatic nitrogens is 1. The van der Waals surface area contributed by atoms with E-state index in [-0.39, 0.29) is 30.6 Å². The van der Waals surface area contributed by atoms with Gasteiger partial charge >= 0.3 is 0 Å². The molecule has 0 aliphatic carbocycles. The Hall–Kier alpha value is -2.89. The maximum absolute atomic E-state index is 12.3. The number of hydrogen-bond acceptors (Lipinski definition) is 5. The van der Waals surface area contributed by atoms with Crippen molar-refractivity contribution in [3.63, 3.8) is 0 Å². The van der Waals surface area contributed by atoms with E-state index in [4.69, 9.17) is 9.47 Å². The van der Waals surface area contributed by atoms with Gasteiger partial charge in [-0.05, 0) is 42.8 Å². The second-order valence-corrected chi connectivity index (χ2v) is 5.56. The molecule has 2 aromatic rings. The summed E-state index contributed by atoms with van der Waals surface area (Å²) in [6.07, 6.45) is 3.62. The lowest BCUT2D eigenvalue weighted by Crippen LogP contribution is -2.26. The summed E-state index contributed by atoms with van der Waals surface area (Å²) in [6.45, 7) is 1.89. The minimum Gasteiger partial charge on any atom is -0.493 e. The SMILES string of the molecule is COc1ccc(C(=O)CCC(=O)N[C@@H](C)c2ccncc2)cc1OC. The molecule has 0 aliphatic rings. The molecule has 6 nitrogen and oxygen atoms in total. The van der Waals surface area contributed by atoms with Crippen LogP contribution in [0.1, 0.15) is 41.7 Å². The molecule has 1 amide bonds. The van der Waals surface area contributed by atoms with Crippen molar-refractivity contribution in [3.05, 3.63) is 53.9 Å². The normalized spacial score (nSPS) is 11.5. The molecule has 1 N–H and O–H groups in total. The number of rotatable bonds is 8. The number of carbonyl (C=O) groups excluding carboxylic acids is 2. The number of Topliss-reactive ketones (excluding diaryl/α,β-unsaturated/α-hetero) is 1. The molecule has 0 spiro atoms. The maximum atomic E-state index is 12.3. The van der Waals surface area contributed by atoms with Crippen LogP contribution in [-0.2, 0) is 4.79 Å². The zero-order valence-corrected chi connectivity index (χ0v) is 14.6. The lowest BCUT2D eigenvalue weighted by molar-refractivity contribution is -0.121. The fourth-order valence-corrected chi connectivity index (χ4v) is 2.43. The summed E-state index contributed by atoms with van der Waals surface area (Å²) in [6, 6.07) is 8.53. The number of pyridine rings is 1. The van der Waals surface area contributed by atoms with Crippen LogP contribution in [0.15, 0.2) is 42.7 Å². The van der Waals surface area contributed by atoms with Gasteiger partial charge in [0.15, 0.2) is 17.3 Å². The number of benzene rings is 1. The van der Waals surface area contributed by atoms with Crippen molar-refractivity contribution in [2.45, 2.75) is 25.8 Å². The van der Waals surface area contributed by atoms with Gasteiger partial charge in [0.1, 0.15) is 0 Å². The fraction of sp³-hybridized carbons (Fsp3) is 0.316. The third-order valence-electron chi connectivity index (χ3n) is 3.87. The van der Waals surface area contributed by atoms with Crippen molar-refractivity contribution in [1.82, 2.24) is 10.3 Å². The molecule has 25 heavy (non-hydrogen) atoms. The average Bonchev–Trinajstić information content (AvgIpc) is 2.66. The highest BCUT2D eigenvalue weighted by Gasteiger charge is 2.14. The Bertz CT molecular complexity index is 731. The van der Waals surface area contributed by atoms with Crippen LogP contribution in [0.3, 0.4) is 0 Å². The van der Waals surface area contributed by atoms with E-state index in [1.165, 1.54) is 14.2 Å². The van der Waals surface area contributed by atoms with Crippen LogP contribution >= 0.6 is 0 Å². The standard InChI is InChI=1S/C19H22N2O4/c1-13(14-8-10-20-11-9-14)21-19(23)7-5-16(22)15-4-6-17(24-2)18(12-15)25-3/h4,6,8-13H,5,7H2,1-3H3,(H,21,23)/t13-/m0/s1. The Morgan fingerprint density at radius 3 is 2.36 bits per heavy atom. The molecule has 0 fully saturated rings. The summed E-state index contributed by atoms with van der Waals surface area (Å²) in [4.78, 5) is 28.3. The summed E-state index contributed by atoms with van der Waals surface area (Å²) < 4.78 is 10.3. The number of nitrogens with zero attached hydrogens (tertiary/aromatic N) is 1. The van der Waals surface area contributed by atoms with Gasteiger partial charge in [-0.25, -0.2) is 0 Å². The summed E-state index contributed by atoms with van der Waals surface area (Å²) in [5, 5.41) is 2.88. The highest BCUT2D eigenvalue weighted by atomic mass is 16.5. The number of hydrogen-bond donors (Lipinski definition) is 1. The Morgan fingerprint density at radius 2 is 1.72 bits per heavy atom. The van der Waals surface area contributed by atoms with E-state index >= 15 is 0 Å². The van der Waals surface area contributed by atoms with Gasteiger partial charge in [-0.1, -0.05) is 0 Å². The van der Waals surface area contributed by atoms with Crippen LogP contribution in [0.5, 0.6) is 11.5 Å². The lowest BCUT2D eigenvalue weighted by Gasteiger charge is -2.14. The van der Waals surface area contributed by atoms with Gasteiger partial charge in [0.05, 0.1) is 20.3 Å². The lowest BCUT2D eigenvalue weighted by atomic mass is 10.1. The van der Waals surface area contributed by atoms with Crippen LogP contribution in [0.25, 0.3) is 0 Å². The third kappa shape index (κ3) is 5.04. The van der Waals surface area contributed by atoms with Crippen molar-refractivity contribution in [3.8, 4) is 11.5 Å². The predicted molar refractivity (Wildman–Crippen MR) is 93.9 cm³/mol. The monoisotopic (exact) mass is 342 g/mol. The van der Waals surface area contributed by atoms with E-state index < -0.39 is 0 Å². The van der Waals surface area contributed by atoms with Gasteiger partial charge in [0.25, 0.3) is 0 Å². The third-order valence-corrected chi connectivity index (χ3v) is 3.87. The van der Waals surface area contributed by atoms with Crippen molar-refractivity contribution in [2.75, 3.05) is 14.2 Å². The van der Waals surface area contributed by atoms with Crippen molar-refractivity contribution in [1.29, 1.82) is 0 Å². The first kappa shape index (κ1) is 18.4. The minimum atomic E-state index is -0.168. The quantitative estimate of drug-likeness (QED) is 0.746. The smallest absolute Gasteiger partial charge is 0.220 e. The van der Waals surface area contributed by atoms with Gasteiger partial charge in [-0.2, -0.15) is 0 Å². The van der Waals surface area contributed by atoms with Gasteiger partial charge in [-0.3, -0.25) is 14.6 Å². The van der Waals surface area contributed by atoms with Crippen molar-refractivity contribution < 1.29 is 19.1 Å². The van der Waals surface area contributed by atoms with Crippen LogP contribution < -0.4 is 14.8 Å². The highest BCUT2D eigenvalue weighted by Crippen LogP contribution is 2.28. The Balaban J connectivity index is 1.90. The van der Waals surface area contributed by atoms with Gasteiger partial charge in [-0.15, -0.1) is 0 Å². The topological polar surface area (TPSA) is 77.5 Å². The molecule has 0 radical (unpaired) electrons. The summed E-state index contributed by atoms with van der Waals surface area (Å²) in [5.41, 5.74) is 1.46. The molecule has 6 heteroatoms. The second-order valence-electron chi connectivity index (χ2n) is 5.56. The molecule has 0 saturated heterocycles.